The zero-order chi connectivity index (χ0) is 23.4. The highest BCUT2D eigenvalue weighted by Crippen LogP contribution is 2.36. The number of furan rings is 1. The summed E-state index contributed by atoms with van der Waals surface area (Å²) in [5, 5.41) is 4.80. The SMILES string of the molecule is COc1ccc2c(c1)OCN(C[C@@]1(c3cc4cc(C(F)(F)F)cnc4o3)NC(=O)NC1=O)C2. The number of imide groups is 1. The van der Waals surface area contributed by atoms with Crippen LogP contribution in [0.25, 0.3) is 11.1 Å². The molecule has 1 atom stereocenters. The summed E-state index contributed by atoms with van der Waals surface area (Å²) in [6, 6.07) is 6.76. The van der Waals surface area contributed by atoms with Crippen molar-refractivity contribution in [2.75, 3.05) is 20.4 Å². The first-order valence-electron chi connectivity index (χ1n) is 9.81. The molecule has 2 aliphatic heterocycles. The van der Waals surface area contributed by atoms with Gasteiger partial charge < -0.3 is 19.2 Å². The van der Waals surface area contributed by atoms with E-state index in [2.05, 4.69) is 15.6 Å². The van der Waals surface area contributed by atoms with Gasteiger partial charge in [0.25, 0.3) is 5.91 Å². The molecule has 0 unspecified atom stereocenters. The lowest BCUT2D eigenvalue weighted by atomic mass is 9.94. The van der Waals surface area contributed by atoms with E-state index in [9.17, 15) is 22.8 Å². The van der Waals surface area contributed by atoms with E-state index in [0.29, 0.717) is 24.2 Å². The maximum atomic E-state index is 13.1. The number of hydrogen-bond acceptors (Lipinski definition) is 7. The first kappa shape index (κ1) is 21.1. The van der Waals surface area contributed by atoms with Gasteiger partial charge in [-0.1, -0.05) is 6.07 Å². The standard InChI is InChI=1S/C21H17F3N4O5/c1-31-14-3-2-11-8-28(10-32-15(11)6-14)9-20(18(29)26-19(30)27-20)16-5-12-4-13(21(22,23)24)7-25-17(12)33-16/h2-7H,8-10H2,1H3,(H2,26,27,29,30)/t20-/m0/s1. The summed E-state index contributed by atoms with van der Waals surface area (Å²) in [6.07, 6.45) is -3.93. The van der Waals surface area contributed by atoms with Crippen LogP contribution in [-0.4, -0.2) is 42.2 Å². The maximum absolute atomic E-state index is 13.1. The minimum atomic E-state index is -4.59. The summed E-state index contributed by atoms with van der Waals surface area (Å²) in [6.45, 7) is 0.435. The number of aromatic nitrogens is 1. The highest BCUT2D eigenvalue weighted by Gasteiger charge is 2.52. The van der Waals surface area contributed by atoms with Gasteiger partial charge in [0.15, 0.2) is 5.54 Å². The fraction of sp³-hybridized carbons (Fsp3) is 0.286. The number of methoxy groups -OCH3 is 1. The molecule has 33 heavy (non-hydrogen) atoms. The van der Waals surface area contributed by atoms with Crippen LogP contribution in [0.4, 0.5) is 18.0 Å². The molecule has 2 aromatic heterocycles. The summed E-state index contributed by atoms with van der Waals surface area (Å²) in [7, 11) is 1.54. The number of ether oxygens (including phenoxy) is 2. The molecule has 3 amide bonds. The second kappa shape index (κ2) is 7.37. The van der Waals surface area contributed by atoms with Gasteiger partial charge in [0.05, 0.1) is 12.7 Å². The number of hydrogen-bond donors (Lipinski definition) is 2. The molecule has 2 N–H and O–H groups in total. The van der Waals surface area contributed by atoms with Crippen LogP contribution in [0.3, 0.4) is 0 Å². The van der Waals surface area contributed by atoms with E-state index in [4.69, 9.17) is 13.9 Å². The summed E-state index contributed by atoms with van der Waals surface area (Å²) < 4.78 is 55.8. The molecular formula is C21H17F3N4O5. The number of alkyl halides is 3. The Morgan fingerprint density at radius 3 is 2.76 bits per heavy atom. The molecule has 0 spiro atoms. The number of carbonyl (C=O) groups excluding carboxylic acids is 2. The van der Waals surface area contributed by atoms with Gasteiger partial charge in [-0.15, -0.1) is 0 Å². The third kappa shape index (κ3) is 3.61. The zero-order valence-electron chi connectivity index (χ0n) is 17.2. The predicted molar refractivity (Wildman–Crippen MR) is 106 cm³/mol. The quantitative estimate of drug-likeness (QED) is 0.575. The highest BCUT2D eigenvalue weighted by atomic mass is 19.4. The monoisotopic (exact) mass is 462 g/mol. The lowest BCUT2D eigenvalue weighted by molar-refractivity contribution is -0.137. The van der Waals surface area contributed by atoms with Crippen LogP contribution < -0.4 is 20.1 Å². The van der Waals surface area contributed by atoms with Crippen molar-refractivity contribution in [3.05, 3.63) is 53.4 Å². The molecule has 0 radical (unpaired) electrons. The highest BCUT2D eigenvalue weighted by molar-refractivity contribution is 6.07. The van der Waals surface area contributed by atoms with E-state index in [0.717, 1.165) is 11.6 Å². The number of carbonyl (C=O) groups is 2. The van der Waals surface area contributed by atoms with Crippen molar-refractivity contribution in [1.82, 2.24) is 20.5 Å². The van der Waals surface area contributed by atoms with Crippen LogP contribution >= 0.6 is 0 Å². The molecule has 172 valence electrons. The largest absolute Gasteiger partial charge is 0.497 e. The molecule has 1 fully saturated rings. The molecule has 0 aliphatic carbocycles. The Kier molecular flexibility index (Phi) is 4.71. The number of pyridine rings is 1. The Balaban J connectivity index is 1.49. The maximum Gasteiger partial charge on any atom is 0.417 e. The van der Waals surface area contributed by atoms with Crippen LogP contribution in [-0.2, 0) is 23.1 Å². The third-order valence-electron chi connectivity index (χ3n) is 5.59. The summed E-state index contributed by atoms with van der Waals surface area (Å²) in [4.78, 5) is 30.4. The second-order valence-corrected chi connectivity index (χ2v) is 7.77. The minimum absolute atomic E-state index is 0.0341. The number of rotatable bonds is 4. The minimum Gasteiger partial charge on any atom is -0.497 e. The number of benzene rings is 1. The summed E-state index contributed by atoms with van der Waals surface area (Å²) in [5.74, 6) is 0.539. The molecule has 5 rings (SSSR count). The van der Waals surface area contributed by atoms with Gasteiger partial charge in [-0.3, -0.25) is 15.0 Å². The number of nitrogens with one attached hydrogen (secondary N) is 2. The molecule has 2 aliphatic rings. The molecule has 9 nitrogen and oxygen atoms in total. The van der Waals surface area contributed by atoms with E-state index in [-0.39, 0.29) is 30.1 Å². The molecule has 1 aromatic carbocycles. The normalized spacial score (nSPS) is 20.8. The van der Waals surface area contributed by atoms with Crippen molar-refractivity contribution >= 4 is 23.0 Å². The van der Waals surface area contributed by atoms with Gasteiger partial charge in [0, 0.05) is 36.3 Å². The first-order chi connectivity index (χ1) is 15.7. The van der Waals surface area contributed by atoms with Crippen molar-refractivity contribution in [3.63, 3.8) is 0 Å². The Morgan fingerprint density at radius 1 is 1.24 bits per heavy atom. The fourth-order valence-corrected chi connectivity index (χ4v) is 3.96. The third-order valence-corrected chi connectivity index (χ3v) is 5.59. The Hall–Kier alpha value is -3.80. The van der Waals surface area contributed by atoms with Crippen LogP contribution in [0.15, 0.2) is 40.9 Å². The van der Waals surface area contributed by atoms with Crippen LogP contribution in [0.2, 0.25) is 0 Å². The summed E-state index contributed by atoms with van der Waals surface area (Å²) >= 11 is 0. The van der Waals surface area contributed by atoms with Crippen LogP contribution in [0, 0.1) is 0 Å². The first-order valence-corrected chi connectivity index (χ1v) is 9.81. The van der Waals surface area contributed by atoms with Gasteiger partial charge in [0.2, 0.25) is 5.71 Å². The van der Waals surface area contributed by atoms with Crippen molar-refractivity contribution in [1.29, 1.82) is 0 Å². The van der Waals surface area contributed by atoms with Crippen LogP contribution in [0.5, 0.6) is 11.5 Å². The van der Waals surface area contributed by atoms with Crippen molar-refractivity contribution < 1.29 is 36.7 Å². The molecule has 0 saturated carbocycles. The number of amides is 3. The van der Waals surface area contributed by atoms with E-state index in [1.807, 2.05) is 6.07 Å². The molecule has 3 aromatic rings. The lowest BCUT2D eigenvalue weighted by Gasteiger charge is -2.34. The molecule has 1 saturated heterocycles. The Morgan fingerprint density at radius 2 is 2.06 bits per heavy atom. The average molecular weight is 462 g/mol. The van der Waals surface area contributed by atoms with Crippen molar-refractivity contribution in [3.8, 4) is 11.5 Å². The van der Waals surface area contributed by atoms with Gasteiger partial charge >= 0.3 is 12.2 Å². The number of nitrogens with zero attached hydrogens (tertiary/aromatic N) is 2. The molecular weight excluding hydrogens is 445 g/mol. The smallest absolute Gasteiger partial charge is 0.417 e. The topological polar surface area (TPSA) is 106 Å². The Bertz CT molecular complexity index is 1270. The van der Waals surface area contributed by atoms with Crippen LogP contribution in [0.1, 0.15) is 16.9 Å². The van der Waals surface area contributed by atoms with E-state index >= 15 is 0 Å². The van der Waals surface area contributed by atoms with Gasteiger partial charge in [0.1, 0.15) is 24.0 Å². The van der Waals surface area contributed by atoms with Gasteiger partial charge in [-0.2, -0.15) is 13.2 Å². The lowest BCUT2D eigenvalue weighted by Crippen LogP contribution is -2.53. The van der Waals surface area contributed by atoms with Crippen molar-refractivity contribution in [2.24, 2.45) is 0 Å². The zero-order valence-corrected chi connectivity index (χ0v) is 17.2. The predicted octanol–water partition coefficient (Wildman–Crippen LogP) is 2.74. The van der Waals surface area contributed by atoms with E-state index in [1.165, 1.54) is 6.07 Å². The average Bonchev–Trinajstić information content (AvgIpc) is 3.33. The summed E-state index contributed by atoms with van der Waals surface area (Å²) in [5.41, 5.74) is -1.88. The number of fused-ring (bicyclic) bond motifs is 2. The second-order valence-electron chi connectivity index (χ2n) is 7.77. The van der Waals surface area contributed by atoms with Gasteiger partial charge in [-0.05, 0) is 18.2 Å². The Labute approximate surface area is 184 Å². The van der Waals surface area contributed by atoms with E-state index in [1.54, 1.807) is 24.1 Å². The molecule has 0 bridgehead atoms. The molecule has 4 heterocycles. The van der Waals surface area contributed by atoms with E-state index < -0.39 is 29.2 Å². The molecule has 12 heteroatoms. The number of urea groups is 1. The van der Waals surface area contributed by atoms with Crippen molar-refractivity contribution in [2.45, 2.75) is 18.3 Å². The number of halogens is 3. The van der Waals surface area contributed by atoms with Gasteiger partial charge in [-0.25, -0.2) is 9.78 Å². The fourth-order valence-electron chi connectivity index (χ4n) is 3.96.